The summed E-state index contributed by atoms with van der Waals surface area (Å²) in [5.74, 6) is -0.286. The van der Waals surface area contributed by atoms with Crippen LogP contribution in [0.3, 0.4) is 0 Å². The first-order valence-electron chi connectivity index (χ1n) is 8.80. The van der Waals surface area contributed by atoms with Crippen LogP contribution in [0.2, 0.25) is 0 Å². The van der Waals surface area contributed by atoms with Gasteiger partial charge < -0.3 is 10.2 Å². The van der Waals surface area contributed by atoms with E-state index in [0.717, 1.165) is 22.6 Å². The Morgan fingerprint density at radius 3 is 2.70 bits per heavy atom. The van der Waals surface area contributed by atoms with Crippen LogP contribution in [0.4, 0.5) is 0 Å². The maximum Gasteiger partial charge on any atom is 0.255 e. The Bertz CT molecular complexity index is 979. The smallest absolute Gasteiger partial charge is 0.255 e. The van der Waals surface area contributed by atoms with Gasteiger partial charge in [-0.15, -0.1) is 0 Å². The highest BCUT2D eigenvalue weighted by atomic mass is 32.1. The maximum atomic E-state index is 13.0. The van der Waals surface area contributed by atoms with Crippen LogP contribution in [-0.2, 0) is 4.79 Å². The van der Waals surface area contributed by atoms with E-state index in [2.05, 4.69) is 10.4 Å². The summed E-state index contributed by atoms with van der Waals surface area (Å²) >= 11 is 1.47. The third kappa shape index (κ3) is 3.04. The van der Waals surface area contributed by atoms with E-state index in [4.69, 9.17) is 0 Å². The van der Waals surface area contributed by atoms with Gasteiger partial charge in [0.05, 0.1) is 16.9 Å². The SMILES string of the molecule is Cc1nn(-c2ccccc2)c(C)c1C1C(=O)NCCN1C(=O)c1ccsc1. The number of hydrogen-bond donors (Lipinski definition) is 1. The van der Waals surface area contributed by atoms with Gasteiger partial charge in [0, 0.05) is 29.7 Å². The summed E-state index contributed by atoms with van der Waals surface area (Å²) < 4.78 is 1.83. The lowest BCUT2D eigenvalue weighted by molar-refractivity contribution is -0.128. The lowest BCUT2D eigenvalue weighted by Crippen LogP contribution is -2.52. The summed E-state index contributed by atoms with van der Waals surface area (Å²) in [6.45, 7) is 4.75. The zero-order chi connectivity index (χ0) is 19.0. The molecule has 1 N–H and O–H groups in total. The number of hydrogen-bond acceptors (Lipinski definition) is 4. The molecule has 3 heterocycles. The molecule has 2 amide bonds. The van der Waals surface area contributed by atoms with Crippen LogP contribution in [0.1, 0.15) is 33.4 Å². The zero-order valence-electron chi connectivity index (χ0n) is 15.2. The molecule has 4 rings (SSSR count). The Morgan fingerprint density at radius 1 is 1.22 bits per heavy atom. The van der Waals surface area contributed by atoms with Crippen LogP contribution in [-0.4, -0.2) is 39.6 Å². The Balaban J connectivity index is 1.79. The lowest BCUT2D eigenvalue weighted by atomic mass is 9.99. The van der Waals surface area contributed by atoms with Crippen LogP contribution in [0.15, 0.2) is 47.2 Å². The number of thiophene rings is 1. The summed E-state index contributed by atoms with van der Waals surface area (Å²) in [6, 6.07) is 10.9. The first-order chi connectivity index (χ1) is 13.1. The number of rotatable bonds is 3. The van der Waals surface area contributed by atoms with E-state index in [1.54, 1.807) is 11.0 Å². The number of aryl methyl sites for hydroxylation is 1. The van der Waals surface area contributed by atoms with Crippen molar-refractivity contribution >= 4 is 23.2 Å². The van der Waals surface area contributed by atoms with Crippen LogP contribution >= 0.6 is 11.3 Å². The molecule has 27 heavy (non-hydrogen) atoms. The number of amides is 2. The molecule has 1 atom stereocenters. The molecule has 0 spiro atoms. The van der Waals surface area contributed by atoms with Crippen LogP contribution < -0.4 is 5.32 Å². The van der Waals surface area contributed by atoms with Crippen molar-refractivity contribution in [1.82, 2.24) is 20.0 Å². The topological polar surface area (TPSA) is 67.2 Å². The van der Waals surface area contributed by atoms with E-state index < -0.39 is 6.04 Å². The normalized spacial score (nSPS) is 17.0. The Kier molecular flexibility index (Phi) is 4.53. The molecule has 6 nitrogen and oxygen atoms in total. The number of carbonyl (C=O) groups is 2. The fourth-order valence-electron chi connectivity index (χ4n) is 3.60. The second-order valence-electron chi connectivity index (χ2n) is 6.54. The average Bonchev–Trinajstić information content (AvgIpc) is 3.31. The Hall–Kier alpha value is -2.93. The highest BCUT2D eigenvalue weighted by molar-refractivity contribution is 7.08. The summed E-state index contributed by atoms with van der Waals surface area (Å²) in [4.78, 5) is 27.5. The van der Waals surface area contributed by atoms with Gasteiger partial charge in [-0.3, -0.25) is 9.59 Å². The van der Waals surface area contributed by atoms with Gasteiger partial charge in [-0.05, 0) is 37.4 Å². The Morgan fingerprint density at radius 2 is 2.00 bits per heavy atom. The molecule has 2 aromatic heterocycles. The minimum absolute atomic E-state index is 0.123. The third-order valence-corrected chi connectivity index (χ3v) is 5.55. The summed E-state index contributed by atoms with van der Waals surface area (Å²) in [7, 11) is 0. The fourth-order valence-corrected chi connectivity index (χ4v) is 4.23. The zero-order valence-corrected chi connectivity index (χ0v) is 16.0. The molecule has 3 aromatic rings. The van der Waals surface area contributed by atoms with Crippen molar-refractivity contribution in [3.63, 3.8) is 0 Å². The highest BCUT2D eigenvalue weighted by Gasteiger charge is 2.38. The van der Waals surface area contributed by atoms with Gasteiger partial charge in [0.25, 0.3) is 5.91 Å². The maximum absolute atomic E-state index is 13.0. The molecular weight excluding hydrogens is 360 g/mol. The molecule has 138 valence electrons. The number of para-hydroxylation sites is 1. The third-order valence-electron chi connectivity index (χ3n) is 4.86. The highest BCUT2D eigenvalue weighted by Crippen LogP contribution is 2.31. The van der Waals surface area contributed by atoms with Gasteiger partial charge in [0.2, 0.25) is 5.91 Å². The monoisotopic (exact) mass is 380 g/mol. The molecule has 1 aromatic carbocycles. The van der Waals surface area contributed by atoms with Crippen molar-refractivity contribution in [2.24, 2.45) is 0 Å². The van der Waals surface area contributed by atoms with Crippen molar-refractivity contribution in [3.8, 4) is 5.69 Å². The number of benzene rings is 1. The minimum atomic E-state index is -0.677. The quantitative estimate of drug-likeness (QED) is 0.760. The molecule has 0 bridgehead atoms. The van der Waals surface area contributed by atoms with Crippen molar-refractivity contribution in [2.45, 2.75) is 19.9 Å². The van der Waals surface area contributed by atoms with Gasteiger partial charge in [-0.1, -0.05) is 18.2 Å². The number of nitrogens with one attached hydrogen (secondary N) is 1. The Labute approximate surface area is 161 Å². The van der Waals surface area contributed by atoms with Gasteiger partial charge in [-0.2, -0.15) is 16.4 Å². The number of aromatic nitrogens is 2. The summed E-state index contributed by atoms with van der Waals surface area (Å²) in [6.07, 6.45) is 0. The lowest BCUT2D eigenvalue weighted by Gasteiger charge is -2.35. The second kappa shape index (κ2) is 7.00. The van der Waals surface area contributed by atoms with Crippen LogP contribution in [0.5, 0.6) is 0 Å². The molecule has 1 fully saturated rings. The number of nitrogens with zero attached hydrogens (tertiary/aromatic N) is 3. The van der Waals surface area contributed by atoms with E-state index in [1.807, 2.05) is 59.6 Å². The molecule has 7 heteroatoms. The minimum Gasteiger partial charge on any atom is -0.352 e. The van der Waals surface area contributed by atoms with Gasteiger partial charge in [0.15, 0.2) is 0 Å². The van der Waals surface area contributed by atoms with E-state index in [-0.39, 0.29) is 11.8 Å². The summed E-state index contributed by atoms with van der Waals surface area (Å²) in [5.41, 5.74) is 3.95. The first-order valence-corrected chi connectivity index (χ1v) is 9.74. The number of piperazine rings is 1. The van der Waals surface area contributed by atoms with Crippen LogP contribution in [0.25, 0.3) is 5.69 Å². The van der Waals surface area contributed by atoms with Gasteiger partial charge in [0.1, 0.15) is 6.04 Å². The fraction of sp³-hybridized carbons (Fsp3) is 0.250. The molecule has 0 radical (unpaired) electrons. The van der Waals surface area contributed by atoms with Gasteiger partial charge in [-0.25, -0.2) is 4.68 Å². The summed E-state index contributed by atoms with van der Waals surface area (Å²) in [5, 5.41) is 11.2. The molecule has 0 aliphatic carbocycles. The largest absolute Gasteiger partial charge is 0.352 e. The second-order valence-corrected chi connectivity index (χ2v) is 7.32. The van der Waals surface area contributed by atoms with Crippen molar-refractivity contribution in [3.05, 3.63) is 69.7 Å². The first kappa shape index (κ1) is 17.5. The van der Waals surface area contributed by atoms with Gasteiger partial charge >= 0.3 is 0 Å². The van der Waals surface area contributed by atoms with Crippen molar-refractivity contribution < 1.29 is 9.59 Å². The van der Waals surface area contributed by atoms with Crippen molar-refractivity contribution in [2.75, 3.05) is 13.1 Å². The molecule has 1 aliphatic rings. The van der Waals surface area contributed by atoms with E-state index >= 15 is 0 Å². The predicted molar refractivity (Wildman–Crippen MR) is 104 cm³/mol. The predicted octanol–water partition coefficient (Wildman–Crippen LogP) is 2.86. The van der Waals surface area contributed by atoms with E-state index in [9.17, 15) is 9.59 Å². The molecule has 0 saturated carbocycles. The van der Waals surface area contributed by atoms with Crippen molar-refractivity contribution in [1.29, 1.82) is 0 Å². The van der Waals surface area contributed by atoms with E-state index in [1.165, 1.54) is 11.3 Å². The molecule has 1 unspecified atom stereocenters. The standard InChI is InChI=1S/C20H20N4O2S/c1-13-17(14(2)24(22-13)16-6-4-3-5-7-16)18-19(25)21-9-10-23(18)20(26)15-8-11-27-12-15/h3-8,11-12,18H,9-10H2,1-2H3,(H,21,25). The van der Waals surface area contributed by atoms with E-state index in [0.29, 0.717) is 18.7 Å². The molecule has 1 aliphatic heterocycles. The molecular formula is C20H20N4O2S. The van der Waals surface area contributed by atoms with Crippen LogP contribution in [0, 0.1) is 13.8 Å². The average molecular weight is 380 g/mol. The molecule has 1 saturated heterocycles. The number of carbonyl (C=O) groups excluding carboxylic acids is 2.